The normalized spacial score (nSPS) is 13.5. The van der Waals surface area contributed by atoms with E-state index in [-0.39, 0.29) is 12.5 Å². The Hall–Kier alpha value is -1.63. The Morgan fingerprint density at radius 3 is 2.48 bits per heavy atom. The molecule has 116 valence electrons. The highest BCUT2D eigenvalue weighted by Gasteiger charge is 2.20. The summed E-state index contributed by atoms with van der Waals surface area (Å²) >= 11 is 5.78. The highest BCUT2D eigenvalue weighted by atomic mass is 35.5. The average molecular weight is 314 g/mol. The van der Waals surface area contributed by atoms with Gasteiger partial charge in [-0.15, -0.1) is 0 Å². The standard InChI is InChI=1S/C14H20ClN3O3/c1-9(19)13(14(16)21)18-8-12(20)17-7-6-10-2-4-11(15)5-3-10/h2-5,9,13,18-19H,6-8H2,1H3,(H2,16,21)(H,17,20)/t9-,13+/m1/s1. The van der Waals surface area contributed by atoms with Gasteiger partial charge in [-0.1, -0.05) is 23.7 Å². The summed E-state index contributed by atoms with van der Waals surface area (Å²) in [6.07, 6.45) is -0.275. The molecule has 0 aromatic heterocycles. The SMILES string of the molecule is C[C@@H](O)[C@H](NCC(=O)NCCc1ccc(Cl)cc1)C(N)=O. The molecular formula is C14H20ClN3O3. The van der Waals surface area contributed by atoms with E-state index in [9.17, 15) is 14.7 Å². The molecule has 0 heterocycles. The van der Waals surface area contributed by atoms with Crippen LogP contribution in [0.15, 0.2) is 24.3 Å². The number of carbonyl (C=O) groups is 2. The van der Waals surface area contributed by atoms with Gasteiger partial charge in [0.1, 0.15) is 6.04 Å². The minimum Gasteiger partial charge on any atom is -0.391 e. The fourth-order valence-electron chi connectivity index (χ4n) is 1.77. The summed E-state index contributed by atoms with van der Waals surface area (Å²) in [6.45, 7) is 1.82. The molecule has 21 heavy (non-hydrogen) atoms. The lowest BCUT2D eigenvalue weighted by atomic mass is 10.1. The molecule has 0 radical (unpaired) electrons. The molecule has 0 aliphatic carbocycles. The maximum atomic E-state index is 11.6. The first kappa shape index (κ1) is 17.4. The van der Waals surface area contributed by atoms with Crippen LogP contribution in [0, 0.1) is 0 Å². The topological polar surface area (TPSA) is 104 Å². The van der Waals surface area contributed by atoms with Gasteiger partial charge in [-0.3, -0.25) is 14.9 Å². The number of nitrogens with one attached hydrogen (secondary N) is 2. The Bertz CT molecular complexity index is 477. The van der Waals surface area contributed by atoms with Crippen LogP contribution in [0.3, 0.4) is 0 Å². The zero-order valence-electron chi connectivity index (χ0n) is 11.8. The second-order valence-corrected chi connectivity index (χ2v) is 5.16. The molecule has 1 aromatic rings. The molecule has 6 nitrogen and oxygen atoms in total. The van der Waals surface area contributed by atoms with Gasteiger partial charge in [0.25, 0.3) is 0 Å². The monoisotopic (exact) mass is 313 g/mol. The molecule has 1 aromatic carbocycles. The zero-order valence-corrected chi connectivity index (χ0v) is 12.6. The van der Waals surface area contributed by atoms with Gasteiger partial charge in [0, 0.05) is 11.6 Å². The van der Waals surface area contributed by atoms with E-state index >= 15 is 0 Å². The summed E-state index contributed by atoms with van der Waals surface area (Å²) in [6, 6.07) is 6.43. The van der Waals surface area contributed by atoms with Crippen LogP contribution in [0.1, 0.15) is 12.5 Å². The molecule has 0 saturated carbocycles. The molecule has 1 rings (SSSR count). The molecule has 0 aliphatic rings. The second kappa shape index (κ2) is 8.61. The van der Waals surface area contributed by atoms with Gasteiger partial charge in [-0.05, 0) is 31.0 Å². The van der Waals surface area contributed by atoms with Crippen molar-refractivity contribution in [2.24, 2.45) is 5.73 Å². The first-order valence-corrected chi connectivity index (χ1v) is 7.00. The molecule has 0 unspecified atom stereocenters. The van der Waals surface area contributed by atoms with E-state index in [2.05, 4.69) is 10.6 Å². The van der Waals surface area contributed by atoms with Crippen molar-refractivity contribution in [1.82, 2.24) is 10.6 Å². The minimum absolute atomic E-state index is 0.0842. The van der Waals surface area contributed by atoms with Crippen molar-refractivity contribution in [1.29, 1.82) is 0 Å². The number of aliphatic hydroxyl groups is 1. The Labute approximate surface area is 128 Å². The lowest BCUT2D eigenvalue weighted by Crippen LogP contribution is -2.51. The van der Waals surface area contributed by atoms with Crippen molar-refractivity contribution < 1.29 is 14.7 Å². The van der Waals surface area contributed by atoms with Crippen molar-refractivity contribution in [2.75, 3.05) is 13.1 Å². The molecule has 0 fully saturated rings. The van der Waals surface area contributed by atoms with E-state index in [1.165, 1.54) is 6.92 Å². The van der Waals surface area contributed by atoms with E-state index < -0.39 is 18.1 Å². The predicted molar refractivity (Wildman–Crippen MR) is 80.8 cm³/mol. The molecule has 0 saturated heterocycles. The minimum atomic E-state index is -0.954. The summed E-state index contributed by atoms with van der Waals surface area (Å²) in [4.78, 5) is 22.6. The van der Waals surface area contributed by atoms with Crippen LogP contribution in [0.5, 0.6) is 0 Å². The van der Waals surface area contributed by atoms with Crippen LogP contribution in [0.25, 0.3) is 0 Å². The van der Waals surface area contributed by atoms with Crippen molar-refractivity contribution in [3.63, 3.8) is 0 Å². The number of primary amides is 1. The third kappa shape index (κ3) is 6.57. The Kier molecular flexibility index (Phi) is 7.14. The first-order chi connectivity index (χ1) is 9.90. The van der Waals surface area contributed by atoms with Crippen molar-refractivity contribution in [3.8, 4) is 0 Å². The number of halogens is 1. The number of carbonyl (C=O) groups excluding carboxylic acids is 2. The van der Waals surface area contributed by atoms with E-state index in [1.54, 1.807) is 12.1 Å². The first-order valence-electron chi connectivity index (χ1n) is 6.62. The van der Waals surface area contributed by atoms with Crippen LogP contribution in [0.4, 0.5) is 0 Å². The van der Waals surface area contributed by atoms with Crippen molar-refractivity contribution in [2.45, 2.75) is 25.5 Å². The summed E-state index contributed by atoms with van der Waals surface area (Å²) in [7, 11) is 0. The largest absolute Gasteiger partial charge is 0.391 e. The number of amides is 2. The Morgan fingerprint density at radius 1 is 1.33 bits per heavy atom. The Morgan fingerprint density at radius 2 is 1.95 bits per heavy atom. The van der Waals surface area contributed by atoms with Gasteiger partial charge in [0.15, 0.2) is 0 Å². The number of hydrogen-bond acceptors (Lipinski definition) is 4. The Balaban J connectivity index is 2.28. The maximum absolute atomic E-state index is 11.6. The fourth-order valence-corrected chi connectivity index (χ4v) is 1.90. The molecule has 0 aliphatic heterocycles. The summed E-state index contributed by atoms with van der Waals surface area (Å²) in [5, 5.41) is 15.3. The van der Waals surface area contributed by atoms with Gasteiger partial charge in [-0.25, -0.2) is 0 Å². The van der Waals surface area contributed by atoms with Crippen LogP contribution in [-0.4, -0.2) is 42.2 Å². The van der Waals surface area contributed by atoms with Crippen molar-refractivity contribution >= 4 is 23.4 Å². The number of aliphatic hydroxyl groups excluding tert-OH is 1. The number of hydrogen-bond donors (Lipinski definition) is 4. The maximum Gasteiger partial charge on any atom is 0.237 e. The molecular weight excluding hydrogens is 294 g/mol. The molecule has 0 spiro atoms. The lowest BCUT2D eigenvalue weighted by molar-refractivity contribution is -0.123. The van der Waals surface area contributed by atoms with Crippen LogP contribution in [-0.2, 0) is 16.0 Å². The van der Waals surface area contributed by atoms with Gasteiger partial charge in [0.2, 0.25) is 11.8 Å². The smallest absolute Gasteiger partial charge is 0.237 e. The van der Waals surface area contributed by atoms with Gasteiger partial charge in [-0.2, -0.15) is 0 Å². The van der Waals surface area contributed by atoms with Gasteiger partial charge < -0.3 is 16.2 Å². The summed E-state index contributed by atoms with van der Waals surface area (Å²) in [5.74, 6) is -0.963. The van der Waals surface area contributed by atoms with Crippen molar-refractivity contribution in [3.05, 3.63) is 34.9 Å². The summed E-state index contributed by atoms with van der Waals surface area (Å²) < 4.78 is 0. The quantitative estimate of drug-likeness (QED) is 0.534. The molecule has 5 N–H and O–H groups in total. The highest BCUT2D eigenvalue weighted by molar-refractivity contribution is 6.30. The molecule has 2 amide bonds. The average Bonchev–Trinajstić information content (AvgIpc) is 2.40. The van der Waals surface area contributed by atoms with Gasteiger partial charge in [0.05, 0.1) is 12.6 Å². The molecule has 2 atom stereocenters. The van der Waals surface area contributed by atoms with Crippen LogP contribution < -0.4 is 16.4 Å². The van der Waals surface area contributed by atoms with E-state index in [1.807, 2.05) is 12.1 Å². The zero-order chi connectivity index (χ0) is 15.8. The van der Waals surface area contributed by atoms with Gasteiger partial charge >= 0.3 is 0 Å². The molecule has 7 heteroatoms. The van der Waals surface area contributed by atoms with Crippen LogP contribution in [0.2, 0.25) is 5.02 Å². The number of rotatable bonds is 8. The van der Waals surface area contributed by atoms with E-state index in [4.69, 9.17) is 17.3 Å². The number of benzene rings is 1. The van der Waals surface area contributed by atoms with Crippen LogP contribution >= 0.6 is 11.6 Å². The second-order valence-electron chi connectivity index (χ2n) is 4.73. The third-order valence-electron chi connectivity index (χ3n) is 2.92. The molecule has 0 bridgehead atoms. The number of nitrogens with two attached hydrogens (primary N) is 1. The van der Waals surface area contributed by atoms with E-state index in [0.29, 0.717) is 18.0 Å². The van der Waals surface area contributed by atoms with E-state index in [0.717, 1.165) is 5.56 Å². The fraction of sp³-hybridized carbons (Fsp3) is 0.429. The third-order valence-corrected chi connectivity index (χ3v) is 3.17. The lowest BCUT2D eigenvalue weighted by Gasteiger charge is -2.17. The highest BCUT2D eigenvalue weighted by Crippen LogP contribution is 2.09. The summed E-state index contributed by atoms with van der Waals surface area (Å²) in [5.41, 5.74) is 6.17. The predicted octanol–water partition coefficient (Wildman–Crippen LogP) is -0.177.